The van der Waals surface area contributed by atoms with Crippen molar-refractivity contribution in [2.24, 2.45) is 0 Å². The molecule has 0 bridgehead atoms. The Kier molecular flexibility index (Phi) is 6.36. The fourth-order valence-electron chi connectivity index (χ4n) is 4.22. The second kappa shape index (κ2) is 9.34. The minimum Gasteiger partial charge on any atom is -0.495 e. The number of para-hydroxylation sites is 2. The predicted octanol–water partition coefficient (Wildman–Crippen LogP) is 1.48. The molecule has 1 atom stereocenters. The first-order valence-corrected chi connectivity index (χ1v) is 10.7. The van der Waals surface area contributed by atoms with Gasteiger partial charge in [0.2, 0.25) is 11.8 Å². The summed E-state index contributed by atoms with van der Waals surface area (Å²) in [7, 11) is 1.61. The number of carbonyl (C=O) groups is 2. The van der Waals surface area contributed by atoms with E-state index < -0.39 is 0 Å². The molecule has 2 saturated heterocycles. The van der Waals surface area contributed by atoms with Crippen molar-refractivity contribution in [3.8, 4) is 5.75 Å². The zero-order chi connectivity index (χ0) is 21.8. The van der Waals surface area contributed by atoms with Crippen molar-refractivity contribution in [3.63, 3.8) is 0 Å². The molecule has 0 saturated carbocycles. The van der Waals surface area contributed by atoms with E-state index in [4.69, 9.17) is 4.74 Å². The Morgan fingerprint density at radius 1 is 1.03 bits per heavy atom. The molecule has 0 N–H and O–H groups in total. The van der Waals surface area contributed by atoms with E-state index in [1.54, 1.807) is 18.2 Å². The summed E-state index contributed by atoms with van der Waals surface area (Å²) in [6.07, 6.45) is 1.79. The number of ether oxygens (including phenoxy) is 1. The Bertz CT molecular complexity index is 914. The maximum Gasteiger partial charge on any atom is 0.244 e. The van der Waals surface area contributed by atoms with Crippen molar-refractivity contribution in [1.82, 2.24) is 14.8 Å². The van der Waals surface area contributed by atoms with Crippen LogP contribution in [0, 0.1) is 0 Å². The standard InChI is InChI=1S/C23H29N5O3/c1-18-23(30)28(19-7-3-4-8-20(19)31-2)16-15-27(18)17-22(29)26-13-11-25(12-14-26)21-9-5-6-10-24-21/h3-10,18H,11-17H2,1-2H3/t18-/m0/s1. The summed E-state index contributed by atoms with van der Waals surface area (Å²) in [6, 6.07) is 13.0. The van der Waals surface area contributed by atoms with E-state index in [9.17, 15) is 9.59 Å². The number of amides is 2. The molecule has 8 heteroatoms. The Labute approximate surface area is 183 Å². The third-order valence-electron chi connectivity index (χ3n) is 6.10. The smallest absolute Gasteiger partial charge is 0.244 e. The van der Waals surface area contributed by atoms with E-state index in [0.717, 1.165) is 24.6 Å². The molecule has 2 aliphatic heterocycles. The van der Waals surface area contributed by atoms with Gasteiger partial charge in [-0.3, -0.25) is 14.5 Å². The third kappa shape index (κ3) is 4.49. The quantitative estimate of drug-likeness (QED) is 0.726. The number of hydrogen-bond donors (Lipinski definition) is 0. The van der Waals surface area contributed by atoms with E-state index in [1.807, 2.05) is 59.2 Å². The molecule has 8 nitrogen and oxygen atoms in total. The molecule has 2 aromatic rings. The number of nitrogens with zero attached hydrogens (tertiary/aromatic N) is 5. The summed E-state index contributed by atoms with van der Waals surface area (Å²) in [5.41, 5.74) is 0.776. The molecule has 31 heavy (non-hydrogen) atoms. The highest BCUT2D eigenvalue weighted by Crippen LogP contribution is 2.30. The molecule has 1 aromatic heterocycles. The number of methoxy groups -OCH3 is 1. The normalized spacial score (nSPS) is 20.1. The Morgan fingerprint density at radius 2 is 1.77 bits per heavy atom. The van der Waals surface area contributed by atoms with Crippen LogP contribution in [0.2, 0.25) is 0 Å². The summed E-state index contributed by atoms with van der Waals surface area (Å²) in [6.45, 7) is 6.16. The Balaban J connectivity index is 1.33. The highest BCUT2D eigenvalue weighted by Gasteiger charge is 2.35. The van der Waals surface area contributed by atoms with E-state index in [0.29, 0.717) is 31.9 Å². The lowest BCUT2D eigenvalue weighted by molar-refractivity contribution is -0.135. The van der Waals surface area contributed by atoms with E-state index in [2.05, 4.69) is 9.88 Å². The van der Waals surface area contributed by atoms with Crippen LogP contribution in [0.4, 0.5) is 11.5 Å². The largest absolute Gasteiger partial charge is 0.495 e. The molecule has 0 spiro atoms. The highest BCUT2D eigenvalue weighted by atomic mass is 16.5. The lowest BCUT2D eigenvalue weighted by Crippen LogP contribution is -2.59. The Hall–Kier alpha value is -3.13. The summed E-state index contributed by atoms with van der Waals surface area (Å²) >= 11 is 0. The van der Waals surface area contributed by atoms with Crippen molar-refractivity contribution < 1.29 is 14.3 Å². The minimum atomic E-state index is -0.363. The zero-order valence-electron chi connectivity index (χ0n) is 18.1. The minimum absolute atomic E-state index is 0.0106. The average Bonchev–Trinajstić information content (AvgIpc) is 2.83. The monoisotopic (exact) mass is 423 g/mol. The van der Waals surface area contributed by atoms with Gasteiger partial charge >= 0.3 is 0 Å². The number of piperazine rings is 2. The summed E-state index contributed by atoms with van der Waals surface area (Å²) in [5, 5.41) is 0. The number of aromatic nitrogens is 1. The first kappa shape index (κ1) is 21.1. The van der Waals surface area contributed by atoms with Crippen molar-refractivity contribution in [2.45, 2.75) is 13.0 Å². The maximum atomic E-state index is 13.1. The molecule has 0 radical (unpaired) electrons. The number of carbonyl (C=O) groups excluding carboxylic acids is 2. The number of anilines is 2. The fourth-order valence-corrected chi connectivity index (χ4v) is 4.22. The number of benzene rings is 1. The number of rotatable bonds is 5. The first-order chi connectivity index (χ1) is 15.1. The molecule has 3 heterocycles. The maximum absolute atomic E-state index is 13.1. The van der Waals surface area contributed by atoms with Crippen LogP contribution in [0.15, 0.2) is 48.7 Å². The lowest BCUT2D eigenvalue weighted by Gasteiger charge is -2.41. The van der Waals surface area contributed by atoms with Gasteiger partial charge in [0, 0.05) is 45.5 Å². The lowest BCUT2D eigenvalue weighted by atomic mass is 10.1. The molecule has 2 fully saturated rings. The van der Waals surface area contributed by atoms with Crippen LogP contribution in [0.25, 0.3) is 0 Å². The van der Waals surface area contributed by atoms with Gasteiger partial charge in [-0.15, -0.1) is 0 Å². The van der Waals surface area contributed by atoms with Crippen LogP contribution in [0.5, 0.6) is 5.75 Å². The second-order valence-electron chi connectivity index (χ2n) is 7.86. The predicted molar refractivity (Wildman–Crippen MR) is 119 cm³/mol. The van der Waals surface area contributed by atoms with Crippen molar-refractivity contribution >= 4 is 23.3 Å². The number of hydrogen-bond acceptors (Lipinski definition) is 6. The number of pyridine rings is 1. The van der Waals surface area contributed by atoms with Gasteiger partial charge < -0.3 is 19.4 Å². The molecule has 0 aliphatic carbocycles. The zero-order valence-corrected chi connectivity index (χ0v) is 18.1. The molecule has 1 aromatic carbocycles. The van der Waals surface area contributed by atoms with Crippen LogP contribution >= 0.6 is 0 Å². The van der Waals surface area contributed by atoms with Gasteiger partial charge in [0.1, 0.15) is 11.6 Å². The second-order valence-corrected chi connectivity index (χ2v) is 7.86. The van der Waals surface area contributed by atoms with Gasteiger partial charge in [0.25, 0.3) is 0 Å². The van der Waals surface area contributed by atoms with Gasteiger partial charge in [-0.05, 0) is 31.2 Å². The molecule has 2 amide bonds. The summed E-state index contributed by atoms with van der Waals surface area (Å²) in [4.78, 5) is 38.2. The van der Waals surface area contributed by atoms with Crippen molar-refractivity contribution in [2.75, 3.05) is 62.7 Å². The third-order valence-corrected chi connectivity index (χ3v) is 6.10. The molecular weight excluding hydrogens is 394 g/mol. The topological polar surface area (TPSA) is 69.2 Å². The average molecular weight is 424 g/mol. The van der Waals surface area contributed by atoms with Crippen molar-refractivity contribution in [1.29, 1.82) is 0 Å². The van der Waals surface area contributed by atoms with E-state index in [-0.39, 0.29) is 24.4 Å². The molecule has 2 aliphatic rings. The van der Waals surface area contributed by atoms with Crippen LogP contribution in [-0.4, -0.2) is 85.6 Å². The van der Waals surface area contributed by atoms with E-state index >= 15 is 0 Å². The fraction of sp³-hybridized carbons (Fsp3) is 0.435. The van der Waals surface area contributed by atoms with Gasteiger partial charge in [-0.1, -0.05) is 18.2 Å². The molecule has 4 rings (SSSR count). The molecular formula is C23H29N5O3. The van der Waals surface area contributed by atoms with Gasteiger partial charge in [-0.2, -0.15) is 0 Å². The van der Waals surface area contributed by atoms with Crippen LogP contribution in [0.1, 0.15) is 6.92 Å². The van der Waals surface area contributed by atoms with Gasteiger partial charge in [-0.25, -0.2) is 4.98 Å². The molecule has 164 valence electrons. The highest BCUT2D eigenvalue weighted by molar-refractivity contribution is 5.99. The van der Waals surface area contributed by atoms with Crippen LogP contribution in [-0.2, 0) is 9.59 Å². The Morgan fingerprint density at radius 3 is 2.48 bits per heavy atom. The van der Waals surface area contributed by atoms with Gasteiger partial charge in [0.05, 0.1) is 25.4 Å². The van der Waals surface area contributed by atoms with Crippen LogP contribution < -0.4 is 14.5 Å². The van der Waals surface area contributed by atoms with Gasteiger partial charge in [0.15, 0.2) is 0 Å². The molecule has 0 unspecified atom stereocenters. The van der Waals surface area contributed by atoms with Crippen LogP contribution in [0.3, 0.4) is 0 Å². The summed E-state index contributed by atoms with van der Waals surface area (Å²) in [5.74, 6) is 1.69. The van der Waals surface area contributed by atoms with Crippen molar-refractivity contribution in [3.05, 3.63) is 48.7 Å². The first-order valence-electron chi connectivity index (χ1n) is 10.7. The summed E-state index contributed by atoms with van der Waals surface area (Å²) < 4.78 is 5.42. The SMILES string of the molecule is COc1ccccc1N1CCN(CC(=O)N2CCN(c3ccccn3)CC2)[C@@H](C)C1=O. The van der Waals surface area contributed by atoms with E-state index in [1.165, 1.54) is 0 Å².